The van der Waals surface area contributed by atoms with Crippen molar-refractivity contribution in [2.24, 2.45) is 0 Å². The summed E-state index contributed by atoms with van der Waals surface area (Å²) in [6, 6.07) is 0.423. The first kappa shape index (κ1) is 10.2. The maximum absolute atomic E-state index is 5.27. The lowest BCUT2D eigenvalue weighted by molar-refractivity contribution is 0.0903. The van der Waals surface area contributed by atoms with Crippen molar-refractivity contribution in [3.8, 4) is 5.75 Å². The van der Waals surface area contributed by atoms with Crippen LogP contribution in [0, 0.1) is 0 Å². The van der Waals surface area contributed by atoms with Crippen LogP contribution in [0.4, 0.5) is 5.95 Å². The van der Waals surface area contributed by atoms with E-state index in [9.17, 15) is 0 Å². The van der Waals surface area contributed by atoms with E-state index in [0.717, 1.165) is 26.1 Å². The molecule has 1 fully saturated rings. The summed E-state index contributed by atoms with van der Waals surface area (Å²) in [5.41, 5.74) is 0. The fourth-order valence-corrected chi connectivity index (χ4v) is 1.52. The Hall–Kier alpha value is -1.36. The number of aromatic nitrogens is 2. The van der Waals surface area contributed by atoms with Crippen LogP contribution in [0.5, 0.6) is 5.75 Å². The Morgan fingerprint density at radius 2 is 2.00 bits per heavy atom. The third-order valence-electron chi connectivity index (χ3n) is 2.42. The Balaban J connectivity index is 1.91. The van der Waals surface area contributed by atoms with Gasteiger partial charge in [-0.3, -0.25) is 0 Å². The number of nitrogens with one attached hydrogen (secondary N) is 1. The van der Waals surface area contributed by atoms with Crippen LogP contribution in [0.15, 0.2) is 12.4 Å². The van der Waals surface area contributed by atoms with Crippen LogP contribution in [0.1, 0.15) is 12.8 Å². The van der Waals surface area contributed by atoms with Crippen molar-refractivity contribution in [3.05, 3.63) is 12.4 Å². The van der Waals surface area contributed by atoms with Crippen LogP contribution in [0.2, 0.25) is 0 Å². The van der Waals surface area contributed by atoms with Crippen molar-refractivity contribution in [1.29, 1.82) is 0 Å². The molecule has 0 amide bonds. The third-order valence-corrected chi connectivity index (χ3v) is 2.42. The van der Waals surface area contributed by atoms with Gasteiger partial charge in [-0.25, -0.2) is 9.97 Å². The van der Waals surface area contributed by atoms with Gasteiger partial charge in [-0.2, -0.15) is 0 Å². The number of hydrogen-bond acceptors (Lipinski definition) is 5. The van der Waals surface area contributed by atoms with Gasteiger partial charge in [0.1, 0.15) is 0 Å². The fourth-order valence-electron chi connectivity index (χ4n) is 1.52. The number of nitrogens with zero attached hydrogens (tertiary/aromatic N) is 2. The van der Waals surface area contributed by atoms with Gasteiger partial charge < -0.3 is 14.8 Å². The van der Waals surface area contributed by atoms with E-state index in [-0.39, 0.29) is 0 Å². The SMILES string of the molecule is COc1cnc(NC2CCOCC2)nc1. The van der Waals surface area contributed by atoms with Gasteiger partial charge in [0.25, 0.3) is 0 Å². The minimum absolute atomic E-state index is 0.423. The van der Waals surface area contributed by atoms with E-state index in [4.69, 9.17) is 9.47 Å². The molecule has 0 atom stereocenters. The average molecular weight is 209 g/mol. The van der Waals surface area contributed by atoms with Crippen LogP contribution >= 0.6 is 0 Å². The molecule has 0 aromatic carbocycles. The highest BCUT2D eigenvalue weighted by molar-refractivity contribution is 5.28. The van der Waals surface area contributed by atoms with Crippen molar-refractivity contribution in [2.75, 3.05) is 25.6 Å². The summed E-state index contributed by atoms with van der Waals surface area (Å²) < 4.78 is 10.3. The summed E-state index contributed by atoms with van der Waals surface area (Å²) >= 11 is 0. The summed E-state index contributed by atoms with van der Waals surface area (Å²) in [4.78, 5) is 8.31. The van der Waals surface area contributed by atoms with E-state index >= 15 is 0 Å². The standard InChI is InChI=1S/C10H15N3O2/c1-14-9-6-11-10(12-7-9)13-8-2-4-15-5-3-8/h6-8H,2-5H2,1H3,(H,11,12,13). The molecular weight excluding hydrogens is 194 g/mol. The molecule has 15 heavy (non-hydrogen) atoms. The second kappa shape index (κ2) is 4.93. The maximum Gasteiger partial charge on any atom is 0.223 e. The number of ether oxygens (including phenoxy) is 2. The Morgan fingerprint density at radius 3 is 2.60 bits per heavy atom. The zero-order valence-electron chi connectivity index (χ0n) is 8.77. The first-order valence-electron chi connectivity index (χ1n) is 5.09. The Bertz CT molecular complexity index is 296. The van der Waals surface area contributed by atoms with Crippen LogP contribution in [-0.4, -0.2) is 36.3 Å². The highest BCUT2D eigenvalue weighted by Crippen LogP contribution is 2.13. The van der Waals surface area contributed by atoms with E-state index < -0.39 is 0 Å². The van der Waals surface area contributed by atoms with Crippen molar-refractivity contribution in [3.63, 3.8) is 0 Å². The molecule has 5 heteroatoms. The molecule has 0 radical (unpaired) electrons. The molecule has 5 nitrogen and oxygen atoms in total. The molecule has 0 unspecified atom stereocenters. The van der Waals surface area contributed by atoms with Crippen LogP contribution < -0.4 is 10.1 Å². The predicted molar refractivity (Wildman–Crippen MR) is 56.0 cm³/mol. The van der Waals surface area contributed by atoms with E-state index in [1.807, 2.05) is 0 Å². The molecule has 1 saturated heterocycles. The Morgan fingerprint density at radius 1 is 1.33 bits per heavy atom. The second-order valence-corrected chi connectivity index (χ2v) is 3.48. The molecule has 82 valence electrons. The lowest BCUT2D eigenvalue weighted by Gasteiger charge is -2.22. The zero-order valence-corrected chi connectivity index (χ0v) is 8.77. The van der Waals surface area contributed by atoms with E-state index in [0.29, 0.717) is 17.7 Å². The Kier molecular flexibility index (Phi) is 3.34. The monoisotopic (exact) mass is 209 g/mol. The van der Waals surface area contributed by atoms with E-state index in [1.165, 1.54) is 0 Å². The average Bonchev–Trinajstić information content (AvgIpc) is 2.31. The molecule has 0 bridgehead atoms. The molecule has 1 aromatic heterocycles. The van der Waals surface area contributed by atoms with Gasteiger partial charge in [-0.15, -0.1) is 0 Å². The van der Waals surface area contributed by atoms with Crippen molar-refractivity contribution in [1.82, 2.24) is 9.97 Å². The third kappa shape index (κ3) is 2.79. The van der Waals surface area contributed by atoms with E-state index in [1.54, 1.807) is 19.5 Å². The lowest BCUT2D eigenvalue weighted by atomic mass is 10.1. The van der Waals surface area contributed by atoms with Crippen LogP contribution in [0.25, 0.3) is 0 Å². The van der Waals surface area contributed by atoms with Crippen molar-refractivity contribution >= 4 is 5.95 Å². The molecule has 1 aromatic rings. The van der Waals surface area contributed by atoms with Gasteiger partial charge in [-0.05, 0) is 12.8 Å². The van der Waals surface area contributed by atoms with Crippen LogP contribution in [-0.2, 0) is 4.74 Å². The van der Waals surface area contributed by atoms with Gasteiger partial charge in [0.15, 0.2) is 5.75 Å². The van der Waals surface area contributed by atoms with Gasteiger partial charge in [0.2, 0.25) is 5.95 Å². The lowest BCUT2D eigenvalue weighted by Crippen LogP contribution is -2.28. The number of anilines is 1. The molecule has 1 aliphatic heterocycles. The van der Waals surface area contributed by atoms with Crippen LogP contribution in [0.3, 0.4) is 0 Å². The van der Waals surface area contributed by atoms with Crippen molar-refractivity contribution < 1.29 is 9.47 Å². The van der Waals surface area contributed by atoms with Gasteiger partial charge in [-0.1, -0.05) is 0 Å². The summed E-state index contributed by atoms with van der Waals surface area (Å²) in [5.74, 6) is 1.33. The minimum atomic E-state index is 0.423. The second-order valence-electron chi connectivity index (χ2n) is 3.48. The van der Waals surface area contributed by atoms with Crippen molar-refractivity contribution in [2.45, 2.75) is 18.9 Å². The molecule has 0 saturated carbocycles. The summed E-state index contributed by atoms with van der Waals surface area (Å²) in [6.07, 6.45) is 5.34. The zero-order chi connectivity index (χ0) is 10.5. The maximum atomic E-state index is 5.27. The topological polar surface area (TPSA) is 56.3 Å². The fraction of sp³-hybridized carbons (Fsp3) is 0.600. The van der Waals surface area contributed by atoms with Gasteiger partial charge >= 0.3 is 0 Å². The largest absolute Gasteiger partial charge is 0.494 e. The molecule has 1 aliphatic rings. The predicted octanol–water partition coefficient (Wildman–Crippen LogP) is 1.08. The molecule has 0 aliphatic carbocycles. The summed E-state index contributed by atoms with van der Waals surface area (Å²) in [7, 11) is 1.60. The van der Waals surface area contributed by atoms with Gasteiger partial charge in [0.05, 0.1) is 19.5 Å². The highest BCUT2D eigenvalue weighted by Gasteiger charge is 2.14. The number of hydrogen-bond donors (Lipinski definition) is 1. The highest BCUT2D eigenvalue weighted by atomic mass is 16.5. The van der Waals surface area contributed by atoms with E-state index in [2.05, 4.69) is 15.3 Å². The molecular formula is C10H15N3O2. The first-order chi connectivity index (χ1) is 7.38. The van der Waals surface area contributed by atoms with Gasteiger partial charge in [0, 0.05) is 19.3 Å². The molecule has 0 spiro atoms. The normalized spacial score (nSPS) is 17.4. The quantitative estimate of drug-likeness (QED) is 0.807. The minimum Gasteiger partial charge on any atom is -0.494 e. The smallest absolute Gasteiger partial charge is 0.223 e. The number of rotatable bonds is 3. The summed E-state index contributed by atoms with van der Waals surface area (Å²) in [5, 5.41) is 3.27. The molecule has 2 heterocycles. The molecule has 1 N–H and O–H groups in total. The first-order valence-corrected chi connectivity index (χ1v) is 5.09. The number of methoxy groups -OCH3 is 1. The molecule has 2 rings (SSSR count). The summed E-state index contributed by atoms with van der Waals surface area (Å²) in [6.45, 7) is 1.63. The Labute approximate surface area is 88.8 Å².